The number of carboxylic acid groups (broad SMARTS) is 1. The van der Waals surface area contributed by atoms with E-state index in [0.29, 0.717) is 11.1 Å². The van der Waals surface area contributed by atoms with Crippen LogP contribution >= 0.6 is 11.8 Å². The van der Waals surface area contributed by atoms with Gasteiger partial charge in [0.25, 0.3) is 0 Å². The third-order valence-corrected chi connectivity index (χ3v) is 8.07. The standard InChI is InChI=1S/C26H29N5O6S/c1-26(2)20(25(36)37)31-23(35)18(24(31)38-26)30-22(34)17(14-9-5-3-6-10-14)29-16(32)13-28-21(27)19(33)15-11-7-4-8-12-15/h3-12,17-20,24,33H,13H2,1-2H3,(H2,27,28)(H,29,32)(H,30,34)(H,36,37)/t17?,18-,19?,20+,24-/m1/s1. The van der Waals surface area contributed by atoms with Crippen molar-refractivity contribution < 1.29 is 29.4 Å². The maximum absolute atomic E-state index is 13.3. The Kier molecular flexibility index (Phi) is 7.74. The van der Waals surface area contributed by atoms with E-state index in [-0.39, 0.29) is 12.4 Å². The monoisotopic (exact) mass is 539 g/mol. The Hall–Kier alpha value is -3.90. The van der Waals surface area contributed by atoms with E-state index in [4.69, 9.17) is 5.41 Å². The van der Waals surface area contributed by atoms with Crippen LogP contribution in [0.25, 0.3) is 0 Å². The molecule has 38 heavy (non-hydrogen) atoms. The lowest BCUT2D eigenvalue weighted by molar-refractivity contribution is -0.161. The summed E-state index contributed by atoms with van der Waals surface area (Å²) >= 11 is 1.31. The summed E-state index contributed by atoms with van der Waals surface area (Å²) in [6.45, 7) is 3.11. The summed E-state index contributed by atoms with van der Waals surface area (Å²) in [5, 5.41) is 35.3. The number of nitrogens with zero attached hydrogens (tertiary/aromatic N) is 1. The van der Waals surface area contributed by atoms with Gasteiger partial charge < -0.3 is 31.1 Å². The second kappa shape index (κ2) is 10.8. The Balaban J connectivity index is 1.41. The summed E-state index contributed by atoms with van der Waals surface area (Å²) < 4.78 is -0.737. The quantitative estimate of drug-likeness (QED) is 0.154. The molecule has 0 aromatic heterocycles. The summed E-state index contributed by atoms with van der Waals surface area (Å²) in [6, 6.07) is 13.9. The second-order valence-corrected chi connectivity index (χ2v) is 11.3. The number of carboxylic acids is 1. The summed E-state index contributed by atoms with van der Waals surface area (Å²) in [6.07, 6.45) is -1.24. The summed E-state index contributed by atoms with van der Waals surface area (Å²) in [4.78, 5) is 51.9. The van der Waals surface area contributed by atoms with E-state index in [0.717, 1.165) is 0 Å². The highest BCUT2D eigenvalue weighted by Crippen LogP contribution is 2.50. The minimum Gasteiger partial charge on any atom is -0.480 e. The molecule has 2 saturated heterocycles. The molecule has 6 N–H and O–H groups in total. The van der Waals surface area contributed by atoms with Gasteiger partial charge in [0.1, 0.15) is 35.4 Å². The summed E-state index contributed by atoms with van der Waals surface area (Å²) in [7, 11) is 0. The molecule has 0 spiro atoms. The zero-order valence-electron chi connectivity index (χ0n) is 20.8. The fraction of sp³-hybridized carbons (Fsp3) is 0.346. The molecule has 0 radical (unpaired) electrons. The highest BCUT2D eigenvalue weighted by Gasteiger charge is 2.64. The molecular formula is C26H29N5O6S. The Morgan fingerprint density at radius 3 is 2.21 bits per heavy atom. The van der Waals surface area contributed by atoms with Gasteiger partial charge in [-0.1, -0.05) is 60.7 Å². The number of aliphatic carboxylic acids is 1. The first-order valence-corrected chi connectivity index (χ1v) is 12.8. The number of carbonyl (C=O) groups excluding carboxylic acids is 3. The third-order valence-electron chi connectivity index (χ3n) is 6.50. The lowest BCUT2D eigenvalue weighted by atomic mass is 9.95. The molecule has 2 heterocycles. The maximum Gasteiger partial charge on any atom is 0.327 e. The smallest absolute Gasteiger partial charge is 0.327 e. The van der Waals surface area contributed by atoms with Gasteiger partial charge >= 0.3 is 5.97 Å². The van der Waals surface area contributed by atoms with E-state index < -0.39 is 58.0 Å². The van der Waals surface area contributed by atoms with Crippen LogP contribution in [0, 0.1) is 5.41 Å². The molecular weight excluding hydrogens is 510 g/mol. The average molecular weight is 540 g/mol. The first-order valence-electron chi connectivity index (χ1n) is 11.9. The highest BCUT2D eigenvalue weighted by molar-refractivity contribution is 8.01. The number of hydrogen-bond donors (Lipinski definition) is 6. The molecule has 2 aliphatic heterocycles. The number of β-lactam (4-membered cyclic amide) rings is 1. The lowest BCUT2D eigenvalue weighted by Crippen LogP contribution is -2.71. The number of amidine groups is 1. The van der Waals surface area contributed by atoms with Crippen molar-refractivity contribution in [2.45, 2.75) is 48.2 Å². The molecule has 4 rings (SSSR count). The molecule has 11 nitrogen and oxygen atoms in total. The Morgan fingerprint density at radius 2 is 1.63 bits per heavy atom. The molecule has 5 atom stereocenters. The molecule has 200 valence electrons. The number of rotatable bonds is 9. The van der Waals surface area contributed by atoms with Gasteiger partial charge in [0.05, 0.1) is 6.54 Å². The van der Waals surface area contributed by atoms with Crippen LogP contribution in [0.3, 0.4) is 0 Å². The molecule has 0 aliphatic carbocycles. The second-order valence-electron chi connectivity index (χ2n) is 9.58. The van der Waals surface area contributed by atoms with Crippen molar-refractivity contribution in [2.24, 2.45) is 0 Å². The summed E-state index contributed by atoms with van der Waals surface area (Å²) in [5.41, 5.74) is 0.966. The molecule has 2 aliphatic rings. The number of hydrogen-bond acceptors (Lipinski definition) is 7. The third kappa shape index (κ3) is 5.36. The Bertz CT molecular complexity index is 1240. The number of carbonyl (C=O) groups is 4. The number of amides is 3. The van der Waals surface area contributed by atoms with Gasteiger partial charge in [-0.15, -0.1) is 11.8 Å². The number of benzene rings is 2. The molecule has 12 heteroatoms. The molecule has 0 saturated carbocycles. The van der Waals surface area contributed by atoms with Crippen LogP contribution in [-0.4, -0.2) is 73.4 Å². The van der Waals surface area contributed by atoms with Crippen LogP contribution in [-0.2, 0) is 19.2 Å². The van der Waals surface area contributed by atoms with Crippen molar-refractivity contribution in [1.29, 1.82) is 5.41 Å². The SMILES string of the molecule is CC1(C)S[C@@H]2[C@H](NC(=O)C(NC(=O)CNC(=N)C(O)c3ccccc3)c3ccccc3)C(=O)N2[C@H]1C(=O)O. The normalized spacial score (nSPS) is 22.9. The molecule has 3 amide bonds. The first kappa shape index (κ1) is 27.1. The fourth-order valence-electron chi connectivity index (χ4n) is 4.61. The number of thioether (sulfide) groups is 1. The number of nitrogens with one attached hydrogen (secondary N) is 4. The zero-order chi connectivity index (χ0) is 27.6. The van der Waals surface area contributed by atoms with Crippen LogP contribution in [0.4, 0.5) is 0 Å². The van der Waals surface area contributed by atoms with Crippen LogP contribution in [0.15, 0.2) is 60.7 Å². The van der Waals surface area contributed by atoms with Crippen molar-refractivity contribution >= 4 is 41.3 Å². The van der Waals surface area contributed by atoms with E-state index >= 15 is 0 Å². The first-order chi connectivity index (χ1) is 18.0. The maximum atomic E-state index is 13.3. The Labute approximate surface area is 223 Å². The fourth-order valence-corrected chi connectivity index (χ4v) is 6.24. The van der Waals surface area contributed by atoms with Gasteiger partial charge in [-0.05, 0) is 25.0 Å². The number of aliphatic hydroxyl groups excluding tert-OH is 1. The van der Waals surface area contributed by atoms with Crippen molar-refractivity contribution in [1.82, 2.24) is 20.9 Å². The predicted molar refractivity (Wildman–Crippen MR) is 140 cm³/mol. The van der Waals surface area contributed by atoms with Crippen LogP contribution in [0.5, 0.6) is 0 Å². The van der Waals surface area contributed by atoms with Gasteiger partial charge in [0.2, 0.25) is 17.7 Å². The van der Waals surface area contributed by atoms with Gasteiger partial charge in [0.15, 0.2) is 0 Å². The van der Waals surface area contributed by atoms with E-state index in [1.165, 1.54) is 16.7 Å². The Morgan fingerprint density at radius 1 is 1.05 bits per heavy atom. The zero-order valence-corrected chi connectivity index (χ0v) is 21.6. The number of aliphatic hydroxyl groups is 1. The molecule has 2 aromatic carbocycles. The molecule has 2 fully saturated rings. The van der Waals surface area contributed by atoms with Crippen LogP contribution in [0.2, 0.25) is 0 Å². The van der Waals surface area contributed by atoms with Crippen LogP contribution in [0.1, 0.15) is 37.1 Å². The highest BCUT2D eigenvalue weighted by atomic mass is 32.2. The van der Waals surface area contributed by atoms with Crippen LogP contribution < -0.4 is 16.0 Å². The molecule has 0 bridgehead atoms. The number of fused-ring (bicyclic) bond motifs is 1. The van der Waals surface area contributed by atoms with Crippen molar-refractivity contribution in [3.05, 3.63) is 71.8 Å². The minimum absolute atomic E-state index is 0.277. The van der Waals surface area contributed by atoms with Crippen molar-refractivity contribution in [3.8, 4) is 0 Å². The molecule has 2 unspecified atom stereocenters. The van der Waals surface area contributed by atoms with E-state index in [1.807, 2.05) is 0 Å². The van der Waals surface area contributed by atoms with Crippen molar-refractivity contribution in [3.63, 3.8) is 0 Å². The van der Waals surface area contributed by atoms with Gasteiger partial charge in [-0.3, -0.25) is 19.8 Å². The lowest BCUT2D eigenvalue weighted by Gasteiger charge is -2.44. The predicted octanol–water partition coefficient (Wildman–Crippen LogP) is 0.776. The van der Waals surface area contributed by atoms with Gasteiger partial charge in [-0.25, -0.2) is 4.79 Å². The topological polar surface area (TPSA) is 172 Å². The largest absolute Gasteiger partial charge is 0.480 e. The van der Waals surface area contributed by atoms with E-state index in [9.17, 15) is 29.4 Å². The van der Waals surface area contributed by atoms with E-state index in [2.05, 4.69) is 16.0 Å². The minimum atomic E-state index is -1.24. The van der Waals surface area contributed by atoms with Gasteiger partial charge in [0, 0.05) is 4.75 Å². The van der Waals surface area contributed by atoms with E-state index in [1.54, 1.807) is 74.5 Å². The van der Waals surface area contributed by atoms with Gasteiger partial charge in [-0.2, -0.15) is 0 Å². The molecule has 2 aromatic rings. The average Bonchev–Trinajstić information content (AvgIpc) is 3.17. The summed E-state index contributed by atoms with van der Waals surface area (Å²) in [5.74, 6) is -3.10. The van der Waals surface area contributed by atoms with Crippen molar-refractivity contribution in [2.75, 3.05) is 6.54 Å².